The van der Waals surface area contributed by atoms with Gasteiger partial charge in [-0.2, -0.15) is 0 Å². The summed E-state index contributed by atoms with van der Waals surface area (Å²) in [7, 11) is 1.80. The third kappa shape index (κ3) is 2.19. The molecular weight excluding hydrogens is 242 g/mol. The maximum Gasteiger partial charge on any atom is 0.246 e. The predicted octanol–water partition coefficient (Wildman–Crippen LogP) is 1.12. The van der Waals surface area contributed by atoms with Gasteiger partial charge in [0.25, 0.3) is 0 Å². The van der Waals surface area contributed by atoms with E-state index in [1.54, 1.807) is 7.05 Å². The van der Waals surface area contributed by atoms with Crippen LogP contribution in [0.15, 0.2) is 18.2 Å². The summed E-state index contributed by atoms with van der Waals surface area (Å²) in [6.07, 6.45) is 0.252. The molecule has 2 aliphatic rings. The van der Waals surface area contributed by atoms with Gasteiger partial charge in [0.1, 0.15) is 6.04 Å². The van der Waals surface area contributed by atoms with Gasteiger partial charge in [0, 0.05) is 30.0 Å². The summed E-state index contributed by atoms with van der Waals surface area (Å²) in [4.78, 5) is 14.1. The first-order chi connectivity index (χ1) is 9.19. The summed E-state index contributed by atoms with van der Waals surface area (Å²) in [5.74, 6) is 0.0185. The highest BCUT2D eigenvalue weighted by molar-refractivity contribution is 6.03. The van der Waals surface area contributed by atoms with Crippen LogP contribution >= 0.6 is 0 Å². The molecule has 3 rings (SSSR count). The monoisotopic (exact) mass is 261 g/mol. The molecule has 1 aromatic rings. The van der Waals surface area contributed by atoms with Crippen LogP contribution in [-0.4, -0.2) is 38.8 Å². The van der Waals surface area contributed by atoms with Crippen molar-refractivity contribution in [2.24, 2.45) is 0 Å². The van der Waals surface area contributed by atoms with Gasteiger partial charge in [-0.3, -0.25) is 4.79 Å². The molecule has 5 heteroatoms. The quantitative estimate of drug-likeness (QED) is 0.838. The molecule has 2 aliphatic heterocycles. The molecule has 1 fully saturated rings. The highest BCUT2D eigenvalue weighted by Crippen LogP contribution is 2.34. The Hall–Kier alpha value is -1.59. The lowest BCUT2D eigenvalue weighted by atomic mass is 10.1. The van der Waals surface area contributed by atoms with Gasteiger partial charge < -0.3 is 20.3 Å². The van der Waals surface area contributed by atoms with Crippen molar-refractivity contribution in [3.8, 4) is 0 Å². The molecule has 1 aromatic carbocycles. The Balaban J connectivity index is 1.86. The van der Waals surface area contributed by atoms with Crippen molar-refractivity contribution in [3.63, 3.8) is 0 Å². The van der Waals surface area contributed by atoms with Crippen molar-refractivity contribution < 1.29 is 9.53 Å². The van der Waals surface area contributed by atoms with Crippen LogP contribution in [0.1, 0.15) is 18.5 Å². The van der Waals surface area contributed by atoms with Gasteiger partial charge in [0.2, 0.25) is 5.91 Å². The Bertz CT molecular complexity index is 503. The number of nitrogens with one attached hydrogen (secondary N) is 2. The lowest BCUT2D eigenvalue weighted by molar-refractivity contribution is -0.117. The minimum absolute atomic E-state index is 0.0185. The van der Waals surface area contributed by atoms with Crippen molar-refractivity contribution in [2.45, 2.75) is 19.1 Å². The summed E-state index contributed by atoms with van der Waals surface area (Å²) in [6.45, 7) is 4.62. The standard InChI is InChI=1S/C14H19N3O2/c1-9-8-17(5-6-19-9)10-3-4-11-12(7-10)16-14(18)13(11)15-2/h3-4,7,9,13,15H,5-6,8H2,1-2H3,(H,16,18). The third-order valence-electron chi connectivity index (χ3n) is 3.76. The molecule has 1 saturated heterocycles. The number of ether oxygens (including phenoxy) is 1. The minimum atomic E-state index is -0.229. The van der Waals surface area contributed by atoms with Crippen LogP contribution in [-0.2, 0) is 9.53 Å². The largest absolute Gasteiger partial charge is 0.375 e. The van der Waals surface area contributed by atoms with Crippen molar-refractivity contribution in [2.75, 3.05) is 37.0 Å². The normalized spacial score (nSPS) is 26.2. The van der Waals surface area contributed by atoms with E-state index in [4.69, 9.17) is 4.74 Å². The number of carbonyl (C=O) groups excluding carboxylic acids is 1. The molecule has 0 radical (unpaired) electrons. The molecule has 2 N–H and O–H groups in total. The Kier molecular flexibility index (Phi) is 3.16. The molecule has 0 spiro atoms. The SMILES string of the molecule is CNC1C(=O)Nc2cc(N3CCOC(C)C3)ccc21. The molecule has 0 aliphatic carbocycles. The summed E-state index contributed by atoms with van der Waals surface area (Å²) in [5.41, 5.74) is 3.09. The average Bonchev–Trinajstić information content (AvgIpc) is 2.72. The Labute approximate surface area is 112 Å². The van der Waals surface area contributed by atoms with Crippen molar-refractivity contribution in [1.82, 2.24) is 5.32 Å². The minimum Gasteiger partial charge on any atom is -0.375 e. The van der Waals surface area contributed by atoms with Crippen LogP contribution in [0.5, 0.6) is 0 Å². The van der Waals surface area contributed by atoms with Crippen molar-refractivity contribution in [3.05, 3.63) is 23.8 Å². The number of nitrogens with zero attached hydrogens (tertiary/aromatic N) is 1. The molecular formula is C14H19N3O2. The smallest absolute Gasteiger partial charge is 0.246 e. The van der Waals surface area contributed by atoms with E-state index in [0.29, 0.717) is 0 Å². The number of amides is 1. The zero-order chi connectivity index (χ0) is 13.4. The molecule has 102 valence electrons. The first-order valence-electron chi connectivity index (χ1n) is 6.67. The fraction of sp³-hybridized carbons (Fsp3) is 0.500. The molecule has 19 heavy (non-hydrogen) atoms. The number of hydrogen-bond donors (Lipinski definition) is 2. The first kappa shape index (κ1) is 12.4. The van der Waals surface area contributed by atoms with Crippen LogP contribution in [0.4, 0.5) is 11.4 Å². The first-order valence-corrected chi connectivity index (χ1v) is 6.67. The molecule has 0 saturated carbocycles. The number of carbonyl (C=O) groups is 1. The van der Waals surface area contributed by atoms with Gasteiger partial charge in [-0.15, -0.1) is 0 Å². The fourth-order valence-electron chi connectivity index (χ4n) is 2.79. The second-order valence-corrected chi connectivity index (χ2v) is 5.11. The number of fused-ring (bicyclic) bond motifs is 1. The molecule has 2 unspecified atom stereocenters. The number of morpholine rings is 1. The van der Waals surface area contributed by atoms with Crippen molar-refractivity contribution >= 4 is 17.3 Å². The number of anilines is 2. The Morgan fingerprint density at radius 2 is 2.32 bits per heavy atom. The van der Waals surface area contributed by atoms with Crippen LogP contribution in [0, 0.1) is 0 Å². The van der Waals surface area contributed by atoms with E-state index in [1.807, 2.05) is 6.07 Å². The molecule has 2 heterocycles. The predicted molar refractivity (Wildman–Crippen MR) is 74.5 cm³/mol. The van der Waals surface area contributed by atoms with E-state index in [2.05, 4.69) is 34.6 Å². The molecule has 2 atom stereocenters. The Morgan fingerprint density at radius 3 is 3.05 bits per heavy atom. The number of likely N-dealkylation sites (N-methyl/N-ethyl adjacent to an activating group) is 1. The fourth-order valence-corrected chi connectivity index (χ4v) is 2.79. The van der Waals surface area contributed by atoms with Crippen LogP contribution in [0.3, 0.4) is 0 Å². The zero-order valence-corrected chi connectivity index (χ0v) is 11.3. The Morgan fingerprint density at radius 1 is 1.47 bits per heavy atom. The summed E-state index contributed by atoms with van der Waals surface area (Å²) >= 11 is 0. The summed E-state index contributed by atoms with van der Waals surface area (Å²) < 4.78 is 5.55. The maximum absolute atomic E-state index is 11.8. The van der Waals surface area contributed by atoms with Crippen LogP contribution in [0.2, 0.25) is 0 Å². The van der Waals surface area contributed by atoms with Gasteiger partial charge in [0.05, 0.1) is 12.7 Å². The highest BCUT2D eigenvalue weighted by atomic mass is 16.5. The van der Waals surface area contributed by atoms with Gasteiger partial charge in [-0.25, -0.2) is 0 Å². The second-order valence-electron chi connectivity index (χ2n) is 5.11. The highest BCUT2D eigenvalue weighted by Gasteiger charge is 2.29. The molecule has 5 nitrogen and oxygen atoms in total. The number of benzene rings is 1. The van der Waals surface area contributed by atoms with E-state index in [0.717, 1.165) is 36.6 Å². The number of rotatable bonds is 2. The molecule has 0 aromatic heterocycles. The lowest BCUT2D eigenvalue weighted by Gasteiger charge is -2.33. The average molecular weight is 261 g/mol. The van der Waals surface area contributed by atoms with Crippen LogP contribution < -0.4 is 15.5 Å². The zero-order valence-electron chi connectivity index (χ0n) is 11.3. The molecule has 1 amide bonds. The maximum atomic E-state index is 11.8. The van der Waals surface area contributed by atoms with Gasteiger partial charge in [-0.1, -0.05) is 6.07 Å². The van der Waals surface area contributed by atoms with E-state index < -0.39 is 0 Å². The van der Waals surface area contributed by atoms with E-state index in [9.17, 15) is 4.79 Å². The van der Waals surface area contributed by atoms with Gasteiger partial charge in [0.15, 0.2) is 0 Å². The van der Waals surface area contributed by atoms with E-state index in [1.165, 1.54) is 0 Å². The topological polar surface area (TPSA) is 53.6 Å². The second kappa shape index (κ2) is 4.83. The van der Waals surface area contributed by atoms with Gasteiger partial charge >= 0.3 is 0 Å². The van der Waals surface area contributed by atoms with Crippen LogP contribution in [0.25, 0.3) is 0 Å². The summed E-state index contributed by atoms with van der Waals surface area (Å²) in [5, 5.41) is 5.96. The van der Waals surface area contributed by atoms with E-state index >= 15 is 0 Å². The summed E-state index contributed by atoms with van der Waals surface area (Å²) in [6, 6.07) is 5.95. The lowest BCUT2D eigenvalue weighted by Crippen LogP contribution is -2.41. The number of hydrogen-bond acceptors (Lipinski definition) is 4. The van der Waals surface area contributed by atoms with Gasteiger partial charge in [-0.05, 0) is 26.1 Å². The van der Waals surface area contributed by atoms with E-state index in [-0.39, 0.29) is 18.1 Å². The van der Waals surface area contributed by atoms with Crippen molar-refractivity contribution in [1.29, 1.82) is 0 Å². The third-order valence-corrected chi connectivity index (χ3v) is 3.76. The molecule has 0 bridgehead atoms.